The van der Waals surface area contributed by atoms with E-state index in [1.807, 2.05) is 204 Å². The summed E-state index contributed by atoms with van der Waals surface area (Å²) in [6.45, 7) is 73.5. The number of imidazole rings is 4. The second kappa shape index (κ2) is 44.7. The summed E-state index contributed by atoms with van der Waals surface area (Å²) in [5.74, 6) is 0.771. The number of hydrogen-bond donors (Lipinski definition) is 0. The average molecular weight is 1410 g/mol. The third-order valence-electron chi connectivity index (χ3n) is 13.7. The summed E-state index contributed by atoms with van der Waals surface area (Å²) in [7, 11) is 0. The first-order chi connectivity index (χ1) is 47.1. The fraction of sp³-hybridized carbons (Fsp3) is 0.524. The van der Waals surface area contributed by atoms with Gasteiger partial charge in [0.15, 0.2) is 16.3 Å². The minimum absolute atomic E-state index is 0. The summed E-state index contributed by atoms with van der Waals surface area (Å²) < 4.78 is 19.4. The van der Waals surface area contributed by atoms with Gasteiger partial charge in [-0.25, -0.2) is 43.6 Å². The summed E-state index contributed by atoms with van der Waals surface area (Å²) in [5, 5.41) is 21.9. The number of aromatic nitrogens is 16. The topological polar surface area (TPSA) is 190 Å². The number of rotatable bonds is 0. The summed E-state index contributed by atoms with van der Waals surface area (Å²) in [4.78, 5) is 26.8. The second-order valence-corrected chi connectivity index (χ2v) is 29.1. The number of thiazole rings is 1. The lowest BCUT2D eigenvalue weighted by Gasteiger charge is -2.18. The van der Waals surface area contributed by atoms with Crippen molar-refractivity contribution in [3.63, 3.8) is 0 Å². The van der Waals surface area contributed by atoms with Gasteiger partial charge in [-0.05, 0) is 74.6 Å². The van der Waals surface area contributed by atoms with Crippen molar-refractivity contribution >= 4 is 50.1 Å². The fourth-order valence-corrected chi connectivity index (χ4v) is 9.53. The Morgan fingerprint density at radius 2 is 0.881 bits per heavy atom. The fourth-order valence-electron chi connectivity index (χ4n) is 8.84. The van der Waals surface area contributed by atoms with Gasteiger partial charge in [-0.15, -0.1) is 11.3 Å². The Morgan fingerprint density at radius 3 is 1.43 bits per heavy atom. The maximum absolute atomic E-state index is 4.70. The van der Waals surface area contributed by atoms with E-state index in [1.165, 1.54) is 28.2 Å². The minimum atomic E-state index is 0. The van der Waals surface area contributed by atoms with Crippen molar-refractivity contribution in [2.45, 2.75) is 288 Å². The van der Waals surface area contributed by atoms with Crippen LogP contribution in [0.15, 0.2) is 162 Å². The third kappa shape index (κ3) is 28.8. The summed E-state index contributed by atoms with van der Waals surface area (Å²) >= 11 is 1.68. The van der Waals surface area contributed by atoms with Crippen molar-refractivity contribution in [2.75, 3.05) is 0 Å². The standard InChI is InChI=1S/C11H14N2.3C10H13N3.C10H12N2O.C9H12N2S.C7H11NO.7C2H6.CH4/c1-11(2,3)9-8-12-10-6-4-5-7-13(9)10;1-10(2,3)8-7-12-9-11-5-4-6-13(8)9;1-10(2,3)8-7-12-13-6-4-5-11-9(8)13;1-10(2,3)8-7-11-9-5-4-6-12-13(8)9;1-10(2,3)7-5-4-6-8-9(7)12-13-11-8;1-9(2,3)7-6-10-8-11(7)4-5-12-8;1-7(2,3)6-4-8-9-5-6;7*1-2;/h4-8H,1-3H3;3*4-7H,1-3H3;4-6H,1-3H3;4-6H,1-3H3;4-5H,1-3H3;7*1-2H3;1H4. The van der Waals surface area contributed by atoms with E-state index >= 15 is 0 Å². The van der Waals surface area contributed by atoms with Crippen LogP contribution in [-0.4, -0.2) is 77.8 Å². The van der Waals surface area contributed by atoms with Crippen molar-refractivity contribution in [1.29, 1.82) is 0 Å². The first kappa shape index (κ1) is 94.6. The highest BCUT2D eigenvalue weighted by atomic mass is 32.1. The van der Waals surface area contributed by atoms with Crippen LogP contribution in [0, 0.1) is 0 Å². The zero-order valence-electron chi connectivity index (χ0n) is 68.3. The third-order valence-corrected chi connectivity index (χ3v) is 14.5. The minimum Gasteiger partial charge on any atom is -0.364 e. The molecule has 13 aromatic rings. The molecule has 0 atom stereocenters. The Balaban J connectivity index is 0. The predicted octanol–water partition coefficient (Wildman–Crippen LogP) is 23.7. The largest absolute Gasteiger partial charge is 0.364 e. The zero-order valence-corrected chi connectivity index (χ0v) is 69.1. The van der Waals surface area contributed by atoms with E-state index in [1.54, 1.807) is 46.9 Å². The number of hydrogen-bond acceptors (Lipinski definition) is 14. The maximum atomic E-state index is 4.70. The van der Waals surface area contributed by atoms with Gasteiger partial charge in [-0.3, -0.25) is 8.80 Å². The van der Waals surface area contributed by atoms with Crippen LogP contribution in [-0.2, 0) is 37.9 Å². The molecule has 0 aliphatic rings. The van der Waals surface area contributed by atoms with Crippen LogP contribution in [0.25, 0.3) is 38.7 Å². The molecule has 0 amide bonds. The molecule has 0 unspecified atom stereocenters. The molecule has 19 heteroatoms. The molecule has 12 aromatic heterocycles. The van der Waals surface area contributed by atoms with Crippen molar-refractivity contribution in [3.8, 4) is 0 Å². The van der Waals surface area contributed by atoms with Crippen LogP contribution in [0.3, 0.4) is 0 Å². The van der Waals surface area contributed by atoms with Gasteiger partial charge in [0.05, 0.1) is 36.7 Å². The van der Waals surface area contributed by atoms with Gasteiger partial charge in [0, 0.05) is 105 Å². The molecule has 1 aromatic carbocycles. The molecule has 12 heterocycles. The molecule has 560 valence electrons. The number of benzene rings is 1. The molecule has 0 aliphatic heterocycles. The SMILES string of the molecule is C.CC.CC.CC.CC.CC.CC.CC.CC(C)(C)c1cccc2nonc12.CC(C)(C)c1cnc2ccccn12.CC(C)(C)c1cnc2cccnn12.CC(C)(C)c1cnc2ncccn12.CC(C)(C)c1cnc2sccn12.CC(C)(C)c1cnn2cccnc12.CC(C)(C)c1cnoc1. The van der Waals surface area contributed by atoms with E-state index in [4.69, 9.17) is 9.15 Å². The van der Waals surface area contributed by atoms with Crippen molar-refractivity contribution < 1.29 is 9.15 Å². The second-order valence-electron chi connectivity index (χ2n) is 28.2. The molecule has 101 heavy (non-hydrogen) atoms. The molecule has 0 saturated carbocycles. The molecule has 18 nitrogen and oxygen atoms in total. The van der Waals surface area contributed by atoms with Gasteiger partial charge in [-0.2, -0.15) is 10.2 Å². The average Bonchev–Trinajstić information content (AvgIpc) is 1.74. The lowest BCUT2D eigenvalue weighted by atomic mass is 9.86. The molecular weight excluding hydrogens is 1270 g/mol. The van der Waals surface area contributed by atoms with E-state index in [0.717, 1.165) is 50.0 Å². The van der Waals surface area contributed by atoms with Crippen LogP contribution in [0.4, 0.5) is 0 Å². The molecule has 0 bridgehead atoms. The molecule has 0 radical (unpaired) electrons. The van der Waals surface area contributed by atoms with Crippen LogP contribution in [0.5, 0.6) is 0 Å². The van der Waals surface area contributed by atoms with Gasteiger partial charge < -0.3 is 8.92 Å². The molecule has 0 fully saturated rings. The van der Waals surface area contributed by atoms with Crippen LogP contribution in [0.1, 0.15) is 289 Å². The summed E-state index contributed by atoms with van der Waals surface area (Å²) in [6.07, 6.45) is 26.4. The number of nitrogens with zero attached hydrogens (tertiary/aromatic N) is 16. The molecule has 0 saturated heterocycles. The molecule has 13 rings (SSSR count). The highest BCUT2D eigenvalue weighted by Gasteiger charge is 2.23. The van der Waals surface area contributed by atoms with Crippen molar-refractivity contribution in [2.24, 2.45) is 0 Å². The lowest BCUT2D eigenvalue weighted by Crippen LogP contribution is -2.15. The van der Waals surface area contributed by atoms with E-state index in [9.17, 15) is 0 Å². The summed E-state index contributed by atoms with van der Waals surface area (Å²) in [6, 6.07) is 19.7. The first-order valence-electron chi connectivity index (χ1n) is 36.0. The highest BCUT2D eigenvalue weighted by molar-refractivity contribution is 7.15. The van der Waals surface area contributed by atoms with Crippen LogP contribution in [0.2, 0.25) is 0 Å². The van der Waals surface area contributed by atoms with Gasteiger partial charge >= 0.3 is 0 Å². The molecule has 0 aliphatic carbocycles. The monoisotopic (exact) mass is 1410 g/mol. The van der Waals surface area contributed by atoms with E-state index < -0.39 is 0 Å². The smallest absolute Gasteiger partial charge is 0.233 e. The first-order valence-corrected chi connectivity index (χ1v) is 36.8. The molecule has 0 spiro atoms. The Kier molecular flexibility index (Phi) is 41.9. The predicted molar refractivity (Wildman–Crippen MR) is 433 cm³/mol. The molecule has 0 N–H and O–H groups in total. The number of fused-ring (bicyclic) bond motifs is 6. The normalized spacial score (nSPS) is 10.8. The van der Waals surface area contributed by atoms with E-state index in [-0.39, 0.29) is 45.3 Å². The van der Waals surface area contributed by atoms with Crippen LogP contribution >= 0.6 is 11.3 Å². The lowest BCUT2D eigenvalue weighted by molar-refractivity contribution is 0.315. The number of pyridine rings is 1. The van der Waals surface area contributed by atoms with Crippen molar-refractivity contribution in [3.05, 3.63) is 192 Å². The van der Waals surface area contributed by atoms with Crippen molar-refractivity contribution in [1.82, 2.24) is 77.8 Å². The van der Waals surface area contributed by atoms with Crippen LogP contribution < -0.4 is 0 Å². The Morgan fingerprint density at radius 1 is 0.376 bits per heavy atom. The highest BCUT2D eigenvalue weighted by Crippen LogP contribution is 2.30. The molecular formula is C82H134N16O2S. The Hall–Kier alpha value is -8.45. The van der Waals surface area contributed by atoms with E-state index in [0.29, 0.717) is 0 Å². The van der Waals surface area contributed by atoms with E-state index in [2.05, 4.69) is 234 Å². The zero-order chi connectivity index (χ0) is 77.0. The Labute approximate surface area is 613 Å². The summed E-state index contributed by atoms with van der Waals surface area (Å²) in [5.41, 5.74) is 13.8. The van der Waals surface area contributed by atoms with Gasteiger partial charge in [0.2, 0.25) is 5.78 Å². The van der Waals surface area contributed by atoms with Gasteiger partial charge in [0.1, 0.15) is 22.9 Å². The Bertz CT molecular complexity index is 3850. The van der Waals surface area contributed by atoms with Gasteiger partial charge in [-0.1, -0.05) is 273 Å². The van der Waals surface area contributed by atoms with Gasteiger partial charge in [0.25, 0.3) is 0 Å². The maximum Gasteiger partial charge on any atom is 0.233 e. The quantitative estimate of drug-likeness (QED) is 0.139.